The first kappa shape index (κ1) is 15.5. The van der Waals surface area contributed by atoms with Gasteiger partial charge in [0.05, 0.1) is 24.9 Å². The van der Waals surface area contributed by atoms with Crippen LogP contribution in [0.1, 0.15) is 32.5 Å². The molecule has 0 aromatic carbocycles. The Bertz CT molecular complexity index is 844. The molecule has 0 unspecified atom stereocenters. The molecule has 0 saturated carbocycles. The van der Waals surface area contributed by atoms with E-state index < -0.39 is 0 Å². The molecule has 3 aromatic rings. The first-order valence-corrected chi connectivity index (χ1v) is 8.97. The second-order valence-electron chi connectivity index (χ2n) is 6.32. The van der Waals surface area contributed by atoms with Crippen LogP contribution in [0.3, 0.4) is 0 Å². The van der Waals surface area contributed by atoms with E-state index in [2.05, 4.69) is 35.9 Å². The topological polar surface area (TPSA) is 79.8 Å². The van der Waals surface area contributed by atoms with Crippen molar-refractivity contribution in [1.82, 2.24) is 25.1 Å². The van der Waals surface area contributed by atoms with E-state index in [4.69, 9.17) is 19.7 Å². The van der Waals surface area contributed by atoms with Gasteiger partial charge in [0.25, 0.3) is 0 Å². The number of fused-ring (bicyclic) bond motifs is 1. The average molecular weight is 344 g/mol. The molecule has 8 heteroatoms. The third-order valence-electron chi connectivity index (χ3n) is 4.14. The van der Waals surface area contributed by atoms with E-state index >= 15 is 0 Å². The van der Waals surface area contributed by atoms with Gasteiger partial charge in [0.2, 0.25) is 0 Å². The summed E-state index contributed by atoms with van der Waals surface area (Å²) < 4.78 is 5.57. The van der Waals surface area contributed by atoms with Crippen LogP contribution in [0.5, 0.6) is 0 Å². The molecular formula is C16H20N6OS. The summed E-state index contributed by atoms with van der Waals surface area (Å²) in [6.45, 7) is 8.63. The molecule has 4 heterocycles. The zero-order valence-corrected chi connectivity index (χ0v) is 14.8. The van der Waals surface area contributed by atoms with E-state index in [0.29, 0.717) is 13.2 Å². The zero-order chi connectivity index (χ0) is 16.7. The number of ether oxygens (including phenoxy) is 1. The van der Waals surface area contributed by atoms with Gasteiger partial charge >= 0.3 is 0 Å². The molecule has 1 saturated heterocycles. The fourth-order valence-corrected chi connectivity index (χ4v) is 3.73. The van der Waals surface area contributed by atoms with Crippen LogP contribution in [-0.2, 0) is 4.74 Å². The van der Waals surface area contributed by atoms with E-state index in [9.17, 15) is 0 Å². The Balaban J connectivity index is 1.89. The molecule has 0 spiro atoms. The molecule has 4 rings (SSSR count). The van der Waals surface area contributed by atoms with Gasteiger partial charge in [-0.3, -0.25) is 5.10 Å². The van der Waals surface area contributed by atoms with Crippen molar-refractivity contribution in [3.8, 4) is 10.7 Å². The number of morpholine rings is 1. The minimum atomic E-state index is 0.266. The lowest BCUT2D eigenvalue weighted by Gasteiger charge is -2.34. The first-order chi connectivity index (χ1) is 11.6. The number of hydrogen-bond donors (Lipinski definition) is 1. The Morgan fingerprint density at radius 2 is 2.21 bits per heavy atom. The third kappa shape index (κ3) is 2.65. The van der Waals surface area contributed by atoms with Gasteiger partial charge in [-0.15, -0.1) is 0 Å². The first-order valence-electron chi connectivity index (χ1n) is 8.16. The highest BCUT2D eigenvalue weighted by Gasteiger charge is 2.26. The van der Waals surface area contributed by atoms with Crippen LogP contribution >= 0.6 is 11.3 Å². The van der Waals surface area contributed by atoms with Gasteiger partial charge < -0.3 is 9.64 Å². The summed E-state index contributed by atoms with van der Waals surface area (Å²) in [5, 5.41) is 7.88. The predicted molar refractivity (Wildman–Crippen MR) is 94.5 cm³/mol. The molecule has 1 atom stereocenters. The number of thiazole rings is 1. The van der Waals surface area contributed by atoms with Gasteiger partial charge in [-0.2, -0.15) is 5.10 Å². The largest absolute Gasteiger partial charge is 0.377 e. The fraction of sp³-hybridized carbons (Fsp3) is 0.500. The summed E-state index contributed by atoms with van der Waals surface area (Å²) in [7, 11) is 0. The number of nitrogens with zero attached hydrogens (tertiary/aromatic N) is 5. The number of aromatic nitrogens is 5. The van der Waals surface area contributed by atoms with Crippen LogP contribution < -0.4 is 4.90 Å². The fourth-order valence-electron chi connectivity index (χ4n) is 2.81. The summed E-state index contributed by atoms with van der Waals surface area (Å²) in [5.41, 5.74) is 1.77. The molecule has 1 aliphatic rings. The molecule has 0 bridgehead atoms. The maximum absolute atomic E-state index is 5.57. The molecule has 0 amide bonds. The molecule has 1 N–H and O–H groups in total. The van der Waals surface area contributed by atoms with Crippen molar-refractivity contribution in [2.75, 3.05) is 24.7 Å². The second-order valence-corrected chi connectivity index (χ2v) is 7.30. The minimum Gasteiger partial charge on any atom is -0.377 e. The SMILES string of the molecule is CC(C)c1nc(N2CCOC[C@H]2C)c2nc(-c3ccn[nH]3)sc2n1. The predicted octanol–water partition coefficient (Wildman–Crippen LogP) is 2.82. The number of rotatable bonds is 3. The Morgan fingerprint density at radius 3 is 2.92 bits per heavy atom. The highest BCUT2D eigenvalue weighted by Crippen LogP contribution is 2.34. The van der Waals surface area contributed by atoms with E-state index in [1.807, 2.05) is 6.07 Å². The lowest BCUT2D eigenvalue weighted by Crippen LogP contribution is -2.44. The number of H-pyrrole nitrogens is 1. The molecule has 7 nitrogen and oxygen atoms in total. The van der Waals surface area contributed by atoms with E-state index in [-0.39, 0.29) is 12.0 Å². The van der Waals surface area contributed by atoms with Gasteiger partial charge in [0, 0.05) is 18.7 Å². The standard InChI is InChI=1S/C16H20N6OS/c1-9(2)13-19-14(22-6-7-23-8-10(22)3)12-16(20-13)24-15(18-12)11-4-5-17-21-11/h4-5,9-10H,6-8H2,1-3H3,(H,17,21)/t10-/m1/s1. The number of aromatic amines is 1. The van der Waals surface area contributed by atoms with Crippen molar-refractivity contribution < 1.29 is 4.74 Å². The molecule has 0 radical (unpaired) electrons. The number of anilines is 1. The second kappa shape index (κ2) is 6.10. The Morgan fingerprint density at radius 1 is 1.33 bits per heavy atom. The van der Waals surface area contributed by atoms with E-state index in [1.54, 1.807) is 17.5 Å². The smallest absolute Gasteiger partial charge is 0.160 e. The van der Waals surface area contributed by atoms with Gasteiger partial charge in [0.1, 0.15) is 21.2 Å². The lowest BCUT2D eigenvalue weighted by molar-refractivity contribution is 0.0986. The van der Waals surface area contributed by atoms with Crippen molar-refractivity contribution in [2.24, 2.45) is 0 Å². The summed E-state index contributed by atoms with van der Waals surface area (Å²) in [4.78, 5) is 17.6. The van der Waals surface area contributed by atoms with E-state index in [0.717, 1.165) is 39.2 Å². The maximum atomic E-state index is 5.57. The Labute approximate surface area is 144 Å². The summed E-state index contributed by atoms with van der Waals surface area (Å²) in [6.07, 6.45) is 1.73. The van der Waals surface area contributed by atoms with Crippen molar-refractivity contribution in [3.05, 3.63) is 18.1 Å². The third-order valence-corrected chi connectivity index (χ3v) is 5.13. The summed E-state index contributed by atoms with van der Waals surface area (Å²) in [6, 6.07) is 2.19. The van der Waals surface area contributed by atoms with Crippen LogP contribution in [0.2, 0.25) is 0 Å². The molecule has 24 heavy (non-hydrogen) atoms. The van der Waals surface area contributed by atoms with Crippen LogP contribution in [0.25, 0.3) is 21.0 Å². The van der Waals surface area contributed by atoms with Crippen molar-refractivity contribution in [1.29, 1.82) is 0 Å². The zero-order valence-electron chi connectivity index (χ0n) is 14.0. The minimum absolute atomic E-state index is 0.266. The van der Waals surface area contributed by atoms with Crippen molar-refractivity contribution >= 4 is 27.5 Å². The van der Waals surface area contributed by atoms with Crippen LogP contribution in [0.4, 0.5) is 5.82 Å². The number of hydrogen-bond acceptors (Lipinski definition) is 7. The van der Waals surface area contributed by atoms with Crippen LogP contribution in [0.15, 0.2) is 12.3 Å². The monoisotopic (exact) mass is 344 g/mol. The maximum Gasteiger partial charge on any atom is 0.160 e. The molecular weight excluding hydrogens is 324 g/mol. The Hall–Kier alpha value is -2.06. The highest BCUT2D eigenvalue weighted by molar-refractivity contribution is 7.21. The lowest BCUT2D eigenvalue weighted by atomic mass is 10.2. The van der Waals surface area contributed by atoms with Crippen LogP contribution in [0, 0.1) is 0 Å². The molecule has 126 valence electrons. The highest BCUT2D eigenvalue weighted by atomic mass is 32.1. The molecule has 1 aliphatic heterocycles. The summed E-state index contributed by atoms with van der Waals surface area (Å²) in [5.74, 6) is 2.04. The van der Waals surface area contributed by atoms with E-state index in [1.165, 1.54) is 0 Å². The molecule has 3 aromatic heterocycles. The van der Waals surface area contributed by atoms with Crippen molar-refractivity contribution in [2.45, 2.75) is 32.7 Å². The van der Waals surface area contributed by atoms with Gasteiger partial charge in [-0.05, 0) is 13.0 Å². The van der Waals surface area contributed by atoms with Crippen molar-refractivity contribution in [3.63, 3.8) is 0 Å². The van der Waals surface area contributed by atoms with Gasteiger partial charge in [-0.25, -0.2) is 15.0 Å². The molecule has 0 aliphatic carbocycles. The average Bonchev–Trinajstić information content (AvgIpc) is 3.23. The quantitative estimate of drug-likeness (QED) is 0.787. The Kier molecular flexibility index (Phi) is 3.93. The normalized spacial score (nSPS) is 18.7. The van der Waals surface area contributed by atoms with Gasteiger partial charge in [0.15, 0.2) is 5.82 Å². The van der Waals surface area contributed by atoms with Gasteiger partial charge in [-0.1, -0.05) is 25.2 Å². The molecule has 1 fully saturated rings. The van der Waals surface area contributed by atoms with Crippen LogP contribution in [-0.4, -0.2) is 50.9 Å². The number of nitrogens with one attached hydrogen (secondary N) is 1. The summed E-state index contributed by atoms with van der Waals surface area (Å²) >= 11 is 1.57.